The average Bonchev–Trinajstić information content (AvgIpc) is 3.59. The highest BCUT2D eigenvalue weighted by molar-refractivity contribution is 6.42. The molecule has 2 aromatic rings. The van der Waals surface area contributed by atoms with Gasteiger partial charge in [-0.05, 0) is 48.6 Å². The molecule has 0 spiro atoms. The summed E-state index contributed by atoms with van der Waals surface area (Å²) < 4.78 is 120. The van der Waals surface area contributed by atoms with Crippen molar-refractivity contribution in [2.24, 2.45) is 5.41 Å². The SMILES string of the molecule is Cc1cc(C(/C=C/c2ccc(C(=O)CC3(C(=O)NCC(F)(F)F)CC3)c(C(F)(F)F)c2)C(F)(F)F)cc(Cl)c1Cl. The van der Waals surface area contributed by atoms with E-state index in [4.69, 9.17) is 23.2 Å². The van der Waals surface area contributed by atoms with Crippen LogP contribution in [0.25, 0.3) is 6.08 Å². The van der Waals surface area contributed by atoms with E-state index in [-0.39, 0.29) is 39.6 Å². The number of halogens is 11. The summed E-state index contributed by atoms with van der Waals surface area (Å²) in [5.41, 5.74) is -4.21. The van der Waals surface area contributed by atoms with Crippen LogP contribution in [0.5, 0.6) is 0 Å². The largest absolute Gasteiger partial charge is 0.417 e. The molecule has 0 heterocycles. The predicted molar refractivity (Wildman–Crippen MR) is 130 cm³/mol. The minimum absolute atomic E-state index is 0.0115. The molecule has 1 N–H and O–H groups in total. The summed E-state index contributed by atoms with van der Waals surface area (Å²) in [6.45, 7) is -0.219. The molecule has 14 heteroatoms. The van der Waals surface area contributed by atoms with Crippen LogP contribution in [-0.2, 0) is 11.0 Å². The summed E-state index contributed by atoms with van der Waals surface area (Å²) in [4.78, 5) is 24.9. The fraction of sp³-hybridized carbons (Fsp3) is 0.385. The summed E-state index contributed by atoms with van der Waals surface area (Å²) in [5, 5.41) is 1.56. The third kappa shape index (κ3) is 7.72. The van der Waals surface area contributed by atoms with E-state index in [0.29, 0.717) is 12.1 Å². The van der Waals surface area contributed by atoms with Gasteiger partial charge in [0.05, 0.1) is 26.9 Å². The van der Waals surface area contributed by atoms with E-state index in [1.54, 1.807) is 5.32 Å². The van der Waals surface area contributed by atoms with Crippen LogP contribution in [0.1, 0.15) is 57.8 Å². The van der Waals surface area contributed by atoms with Crippen LogP contribution in [0.15, 0.2) is 36.4 Å². The number of hydrogen-bond acceptors (Lipinski definition) is 2. The lowest BCUT2D eigenvalue weighted by Gasteiger charge is -2.19. The van der Waals surface area contributed by atoms with E-state index in [2.05, 4.69) is 0 Å². The molecule has 3 rings (SSSR count). The number of rotatable bonds is 8. The Morgan fingerprint density at radius 2 is 1.62 bits per heavy atom. The molecule has 1 atom stereocenters. The van der Waals surface area contributed by atoms with Crippen molar-refractivity contribution >= 4 is 41.0 Å². The number of carbonyl (C=O) groups is 2. The van der Waals surface area contributed by atoms with E-state index < -0.39 is 65.6 Å². The van der Waals surface area contributed by atoms with E-state index in [1.807, 2.05) is 0 Å². The molecular weight excluding hydrogens is 600 g/mol. The molecule has 1 aliphatic rings. The van der Waals surface area contributed by atoms with Gasteiger partial charge in [-0.25, -0.2) is 0 Å². The molecule has 1 amide bonds. The number of ketones is 1. The normalized spacial score (nSPS) is 16.2. The molecular formula is C26H20Cl2F9NO2. The van der Waals surface area contributed by atoms with E-state index in [1.165, 1.54) is 6.92 Å². The molecule has 218 valence electrons. The van der Waals surface area contributed by atoms with Gasteiger partial charge in [0.2, 0.25) is 5.91 Å². The van der Waals surface area contributed by atoms with Gasteiger partial charge in [0.15, 0.2) is 5.78 Å². The van der Waals surface area contributed by atoms with E-state index in [0.717, 1.165) is 30.3 Å². The van der Waals surface area contributed by atoms with Crippen molar-refractivity contribution in [2.45, 2.75) is 50.6 Å². The number of amides is 1. The second kappa shape index (κ2) is 11.3. The first-order chi connectivity index (χ1) is 18.2. The van der Waals surface area contributed by atoms with Crippen LogP contribution in [-0.4, -0.2) is 30.6 Å². The topological polar surface area (TPSA) is 46.2 Å². The summed E-state index contributed by atoms with van der Waals surface area (Å²) in [7, 11) is 0. The van der Waals surface area contributed by atoms with Gasteiger partial charge in [0.1, 0.15) is 6.54 Å². The molecule has 0 aromatic heterocycles. The summed E-state index contributed by atoms with van der Waals surface area (Å²) in [6, 6.07) is 4.40. The Bertz CT molecular complexity index is 1300. The second-order valence-corrected chi connectivity index (χ2v) is 10.3. The Morgan fingerprint density at radius 3 is 2.12 bits per heavy atom. The van der Waals surface area contributed by atoms with Gasteiger partial charge < -0.3 is 5.32 Å². The highest BCUT2D eigenvalue weighted by Gasteiger charge is 2.52. The Morgan fingerprint density at radius 1 is 1.00 bits per heavy atom. The minimum Gasteiger partial charge on any atom is -0.346 e. The smallest absolute Gasteiger partial charge is 0.346 e. The molecule has 1 fully saturated rings. The third-order valence-corrected chi connectivity index (χ3v) is 7.25. The van der Waals surface area contributed by atoms with Crippen LogP contribution >= 0.6 is 23.2 Å². The van der Waals surface area contributed by atoms with Gasteiger partial charge in [0, 0.05) is 12.0 Å². The highest BCUT2D eigenvalue weighted by Crippen LogP contribution is 2.50. The molecule has 1 aliphatic carbocycles. The molecule has 2 aromatic carbocycles. The van der Waals surface area contributed by atoms with Gasteiger partial charge in [-0.3, -0.25) is 9.59 Å². The minimum atomic E-state index is -5.10. The standard InChI is InChI=1S/C26H20Cl2F9NO2/c1-13-8-15(10-19(27)21(13)28)17(25(32,33)34)5-3-14-2-4-16(18(9-14)26(35,36)37)20(39)11-23(6-7-23)22(40)38-12-24(29,30)31/h2-5,8-10,17H,6-7,11-12H2,1H3,(H,38,40)/b5-3+. The number of Topliss-reactive ketones (excluding diaryl/α,β-unsaturated/α-hetero) is 1. The second-order valence-electron chi connectivity index (χ2n) is 9.49. The lowest BCUT2D eigenvalue weighted by atomic mass is 9.91. The zero-order chi connectivity index (χ0) is 30.3. The summed E-state index contributed by atoms with van der Waals surface area (Å²) in [6.07, 6.45) is -13.9. The van der Waals surface area contributed by atoms with Crippen molar-refractivity contribution < 1.29 is 49.1 Å². The first-order valence-corrected chi connectivity index (χ1v) is 12.3. The number of nitrogens with one attached hydrogen (secondary N) is 1. The van der Waals surface area contributed by atoms with Gasteiger partial charge in [-0.15, -0.1) is 0 Å². The van der Waals surface area contributed by atoms with Crippen molar-refractivity contribution in [3.8, 4) is 0 Å². The summed E-state index contributed by atoms with van der Waals surface area (Å²) >= 11 is 11.8. The monoisotopic (exact) mass is 619 g/mol. The van der Waals surface area contributed by atoms with E-state index in [9.17, 15) is 49.1 Å². The van der Waals surface area contributed by atoms with Gasteiger partial charge in [-0.1, -0.05) is 53.6 Å². The summed E-state index contributed by atoms with van der Waals surface area (Å²) in [5.74, 6) is -4.48. The highest BCUT2D eigenvalue weighted by atomic mass is 35.5. The van der Waals surface area contributed by atoms with Crippen molar-refractivity contribution in [3.05, 3.63) is 74.3 Å². The van der Waals surface area contributed by atoms with Crippen molar-refractivity contribution in [2.75, 3.05) is 6.54 Å². The zero-order valence-electron chi connectivity index (χ0n) is 20.4. The number of hydrogen-bond donors (Lipinski definition) is 1. The number of alkyl halides is 9. The fourth-order valence-electron chi connectivity index (χ4n) is 4.10. The molecule has 1 saturated carbocycles. The molecule has 0 bridgehead atoms. The molecule has 0 radical (unpaired) electrons. The van der Waals surface area contributed by atoms with Crippen molar-refractivity contribution in [1.29, 1.82) is 0 Å². The molecule has 40 heavy (non-hydrogen) atoms. The van der Waals surface area contributed by atoms with Crippen molar-refractivity contribution in [3.63, 3.8) is 0 Å². The van der Waals surface area contributed by atoms with Crippen LogP contribution < -0.4 is 5.32 Å². The van der Waals surface area contributed by atoms with Crippen LogP contribution in [0.4, 0.5) is 39.5 Å². The maximum atomic E-state index is 13.8. The zero-order valence-corrected chi connectivity index (χ0v) is 21.9. The van der Waals surface area contributed by atoms with Crippen LogP contribution in [0, 0.1) is 12.3 Å². The average molecular weight is 620 g/mol. The fourth-order valence-corrected chi connectivity index (χ4v) is 4.48. The van der Waals surface area contributed by atoms with Crippen LogP contribution in [0.2, 0.25) is 10.0 Å². The molecule has 3 nitrogen and oxygen atoms in total. The maximum absolute atomic E-state index is 13.8. The lowest BCUT2D eigenvalue weighted by molar-refractivity contribution is -0.141. The Labute approximate surface area is 232 Å². The quantitative estimate of drug-likeness (QED) is 0.237. The number of carbonyl (C=O) groups excluding carboxylic acids is 2. The number of aryl methyl sites for hydroxylation is 1. The first kappa shape index (κ1) is 31.8. The Balaban J connectivity index is 1.90. The Hall–Kier alpha value is -2.73. The molecule has 1 unspecified atom stereocenters. The number of allylic oxidation sites excluding steroid dienone is 1. The maximum Gasteiger partial charge on any atom is 0.417 e. The first-order valence-electron chi connectivity index (χ1n) is 11.5. The lowest BCUT2D eigenvalue weighted by Crippen LogP contribution is -2.39. The van der Waals surface area contributed by atoms with Crippen molar-refractivity contribution in [1.82, 2.24) is 5.32 Å². The Kier molecular flexibility index (Phi) is 8.96. The third-order valence-electron chi connectivity index (χ3n) is 6.36. The molecule has 0 saturated heterocycles. The van der Waals surface area contributed by atoms with E-state index >= 15 is 0 Å². The van der Waals surface area contributed by atoms with Gasteiger partial charge >= 0.3 is 18.5 Å². The van der Waals surface area contributed by atoms with Gasteiger partial charge in [-0.2, -0.15) is 39.5 Å². The molecule has 0 aliphatic heterocycles. The predicted octanol–water partition coefficient (Wildman–Crippen LogP) is 8.71. The number of benzene rings is 2. The van der Waals surface area contributed by atoms with Gasteiger partial charge in [0.25, 0.3) is 0 Å². The van der Waals surface area contributed by atoms with Crippen LogP contribution in [0.3, 0.4) is 0 Å².